The van der Waals surface area contributed by atoms with Gasteiger partial charge in [-0.25, -0.2) is 4.98 Å². The summed E-state index contributed by atoms with van der Waals surface area (Å²) in [6.07, 6.45) is 0.961. The first kappa shape index (κ1) is 12.8. The first-order valence-corrected chi connectivity index (χ1v) is 5.86. The van der Waals surface area contributed by atoms with Crippen LogP contribution in [0.1, 0.15) is 12.5 Å². The SMILES string of the molecule is CCc1ccc(Nc2cc([N+](=O)[O-])cc(N)n2)cc1. The van der Waals surface area contributed by atoms with E-state index in [-0.39, 0.29) is 11.5 Å². The molecule has 2 rings (SSSR count). The number of hydrogen-bond donors (Lipinski definition) is 2. The molecule has 0 spiro atoms. The van der Waals surface area contributed by atoms with Crippen molar-refractivity contribution < 1.29 is 4.92 Å². The van der Waals surface area contributed by atoms with Gasteiger partial charge in [-0.15, -0.1) is 0 Å². The minimum absolute atomic E-state index is 0.0832. The van der Waals surface area contributed by atoms with Gasteiger partial charge in [-0.1, -0.05) is 19.1 Å². The molecule has 0 saturated heterocycles. The summed E-state index contributed by atoms with van der Waals surface area (Å²) in [6.45, 7) is 2.07. The van der Waals surface area contributed by atoms with Crippen molar-refractivity contribution in [2.75, 3.05) is 11.1 Å². The van der Waals surface area contributed by atoms with Gasteiger partial charge >= 0.3 is 0 Å². The van der Waals surface area contributed by atoms with Gasteiger partial charge in [0, 0.05) is 5.69 Å². The Labute approximate surface area is 110 Å². The minimum atomic E-state index is -0.497. The molecule has 0 unspecified atom stereocenters. The van der Waals surface area contributed by atoms with Crippen molar-refractivity contribution in [3.63, 3.8) is 0 Å². The van der Waals surface area contributed by atoms with Crippen LogP contribution in [0.25, 0.3) is 0 Å². The molecule has 2 aromatic rings. The molecule has 0 atom stereocenters. The van der Waals surface area contributed by atoms with E-state index in [9.17, 15) is 10.1 Å². The lowest BCUT2D eigenvalue weighted by Gasteiger charge is -2.07. The van der Waals surface area contributed by atoms with Gasteiger partial charge in [0.15, 0.2) is 0 Å². The number of hydrogen-bond acceptors (Lipinski definition) is 5. The molecular formula is C13H14N4O2. The number of rotatable bonds is 4. The number of nitrogen functional groups attached to an aromatic ring is 1. The number of nitro groups is 1. The Morgan fingerprint density at radius 2 is 2.00 bits per heavy atom. The quantitative estimate of drug-likeness (QED) is 0.649. The van der Waals surface area contributed by atoms with Gasteiger partial charge in [-0.2, -0.15) is 0 Å². The first-order chi connectivity index (χ1) is 9.08. The third kappa shape index (κ3) is 3.19. The molecule has 3 N–H and O–H groups in total. The third-order valence-electron chi connectivity index (χ3n) is 2.68. The molecule has 0 radical (unpaired) electrons. The highest BCUT2D eigenvalue weighted by atomic mass is 16.6. The summed E-state index contributed by atoms with van der Waals surface area (Å²) >= 11 is 0. The summed E-state index contributed by atoms with van der Waals surface area (Å²) in [5.41, 5.74) is 7.49. The van der Waals surface area contributed by atoms with E-state index >= 15 is 0 Å². The Morgan fingerprint density at radius 3 is 2.58 bits per heavy atom. The van der Waals surface area contributed by atoms with Crippen molar-refractivity contribution in [1.29, 1.82) is 0 Å². The molecule has 0 aliphatic heterocycles. The second kappa shape index (κ2) is 5.34. The van der Waals surface area contributed by atoms with Crippen LogP contribution in [0.15, 0.2) is 36.4 Å². The number of benzene rings is 1. The topological polar surface area (TPSA) is 94.1 Å². The lowest BCUT2D eigenvalue weighted by molar-refractivity contribution is -0.384. The number of nitrogens with two attached hydrogens (primary N) is 1. The molecule has 98 valence electrons. The van der Waals surface area contributed by atoms with Gasteiger partial charge in [0.2, 0.25) is 0 Å². The fraction of sp³-hybridized carbons (Fsp3) is 0.154. The van der Waals surface area contributed by atoms with Crippen LogP contribution in [0.3, 0.4) is 0 Å². The molecule has 1 aromatic heterocycles. The van der Waals surface area contributed by atoms with Crippen molar-refractivity contribution in [3.05, 3.63) is 52.1 Å². The fourth-order valence-corrected chi connectivity index (χ4v) is 1.68. The fourth-order valence-electron chi connectivity index (χ4n) is 1.68. The van der Waals surface area contributed by atoms with E-state index in [4.69, 9.17) is 5.73 Å². The lowest BCUT2D eigenvalue weighted by atomic mass is 10.1. The zero-order chi connectivity index (χ0) is 13.8. The van der Waals surface area contributed by atoms with Gasteiger partial charge in [-0.3, -0.25) is 10.1 Å². The molecule has 0 fully saturated rings. The highest BCUT2D eigenvalue weighted by Crippen LogP contribution is 2.22. The molecule has 19 heavy (non-hydrogen) atoms. The maximum absolute atomic E-state index is 10.7. The second-order valence-corrected chi connectivity index (χ2v) is 4.07. The second-order valence-electron chi connectivity index (χ2n) is 4.07. The van der Waals surface area contributed by atoms with Crippen LogP contribution in [-0.4, -0.2) is 9.91 Å². The zero-order valence-corrected chi connectivity index (χ0v) is 10.5. The van der Waals surface area contributed by atoms with Crippen LogP contribution in [0.4, 0.5) is 23.0 Å². The molecule has 1 aromatic carbocycles. The van der Waals surface area contributed by atoms with E-state index in [1.807, 2.05) is 24.3 Å². The van der Waals surface area contributed by atoms with Crippen molar-refractivity contribution in [2.24, 2.45) is 0 Å². The van der Waals surface area contributed by atoms with Gasteiger partial charge in [0.1, 0.15) is 11.6 Å². The number of pyridine rings is 1. The average molecular weight is 258 g/mol. The maximum atomic E-state index is 10.7. The molecule has 6 heteroatoms. The number of aromatic nitrogens is 1. The predicted molar refractivity (Wildman–Crippen MR) is 74.4 cm³/mol. The van der Waals surface area contributed by atoms with Crippen LogP contribution in [0, 0.1) is 10.1 Å². The monoisotopic (exact) mass is 258 g/mol. The summed E-state index contributed by atoms with van der Waals surface area (Å²) in [5, 5.41) is 13.7. The largest absolute Gasteiger partial charge is 0.383 e. The molecule has 6 nitrogen and oxygen atoms in total. The van der Waals surface area contributed by atoms with E-state index in [0.29, 0.717) is 5.82 Å². The molecule has 0 saturated carbocycles. The predicted octanol–water partition coefficient (Wildman–Crippen LogP) is 2.88. The standard InChI is InChI=1S/C13H14N4O2/c1-2-9-3-5-10(6-4-9)15-13-8-11(17(18)19)7-12(14)16-13/h3-8H,2H2,1H3,(H3,14,15,16). The van der Waals surface area contributed by atoms with E-state index < -0.39 is 4.92 Å². The first-order valence-electron chi connectivity index (χ1n) is 5.86. The summed E-state index contributed by atoms with van der Waals surface area (Å²) in [6, 6.07) is 10.4. The Kier molecular flexibility index (Phi) is 3.61. The molecule has 0 aliphatic rings. The smallest absolute Gasteiger partial charge is 0.276 e. The Hall–Kier alpha value is -2.63. The molecular weight excluding hydrogens is 244 g/mol. The summed E-state index contributed by atoms with van der Waals surface area (Å²) in [7, 11) is 0. The van der Waals surface area contributed by atoms with Crippen LogP contribution in [0.2, 0.25) is 0 Å². The Bertz CT molecular complexity index is 596. The summed E-state index contributed by atoms with van der Waals surface area (Å²) < 4.78 is 0. The van der Waals surface area contributed by atoms with Crippen LogP contribution < -0.4 is 11.1 Å². The van der Waals surface area contributed by atoms with Crippen molar-refractivity contribution in [3.8, 4) is 0 Å². The van der Waals surface area contributed by atoms with Gasteiger partial charge in [0.25, 0.3) is 5.69 Å². The van der Waals surface area contributed by atoms with Gasteiger partial charge in [-0.05, 0) is 24.1 Å². The summed E-state index contributed by atoms with van der Waals surface area (Å²) in [5.74, 6) is 0.470. The van der Waals surface area contributed by atoms with Crippen LogP contribution in [0.5, 0.6) is 0 Å². The summed E-state index contributed by atoms with van der Waals surface area (Å²) in [4.78, 5) is 14.3. The zero-order valence-electron chi connectivity index (χ0n) is 10.5. The third-order valence-corrected chi connectivity index (χ3v) is 2.68. The molecule has 1 heterocycles. The highest BCUT2D eigenvalue weighted by Gasteiger charge is 2.09. The molecule has 0 aliphatic carbocycles. The number of anilines is 3. The van der Waals surface area contributed by atoms with E-state index in [0.717, 1.165) is 12.1 Å². The van der Waals surface area contributed by atoms with E-state index in [1.54, 1.807) is 0 Å². The Balaban J connectivity index is 2.24. The normalized spacial score (nSPS) is 10.2. The van der Waals surface area contributed by atoms with Crippen LogP contribution >= 0.6 is 0 Å². The average Bonchev–Trinajstić information content (AvgIpc) is 2.39. The number of nitrogens with one attached hydrogen (secondary N) is 1. The number of aryl methyl sites for hydroxylation is 1. The van der Waals surface area contributed by atoms with Gasteiger partial charge < -0.3 is 11.1 Å². The van der Waals surface area contributed by atoms with E-state index in [1.165, 1.54) is 17.7 Å². The number of nitrogens with zero attached hydrogens (tertiary/aromatic N) is 2. The molecule has 0 amide bonds. The highest BCUT2D eigenvalue weighted by molar-refractivity contribution is 5.61. The van der Waals surface area contributed by atoms with Crippen LogP contribution in [-0.2, 0) is 6.42 Å². The molecule has 0 bridgehead atoms. The maximum Gasteiger partial charge on any atom is 0.276 e. The Morgan fingerprint density at radius 1 is 1.32 bits per heavy atom. The van der Waals surface area contributed by atoms with E-state index in [2.05, 4.69) is 17.2 Å². The van der Waals surface area contributed by atoms with Crippen molar-refractivity contribution >= 4 is 23.0 Å². The van der Waals surface area contributed by atoms with Crippen molar-refractivity contribution in [2.45, 2.75) is 13.3 Å². The van der Waals surface area contributed by atoms with Crippen molar-refractivity contribution in [1.82, 2.24) is 4.98 Å². The lowest BCUT2D eigenvalue weighted by Crippen LogP contribution is -2.00. The minimum Gasteiger partial charge on any atom is -0.383 e. The van der Waals surface area contributed by atoms with Gasteiger partial charge in [0.05, 0.1) is 17.1 Å².